The van der Waals surface area contributed by atoms with Gasteiger partial charge in [0.15, 0.2) is 11.7 Å². The summed E-state index contributed by atoms with van der Waals surface area (Å²) in [7, 11) is 0. The molecule has 0 bridgehead atoms. The molecule has 1 fully saturated rings. The Morgan fingerprint density at radius 2 is 2.00 bits per heavy atom. The summed E-state index contributed by atoms with van der Waals surface area (Å²) in [5, 5.41) is 3.40. The molecule has 6 heteroatoms. The second kappa shape index (κ2) is 5.76. The lowest BCUT2D eigenvalue weighted by atomic mass is 10.1. The first-order valence-corrected chi connectivity index (χ1v) is 8.82. The van der Waals surface area contributed by atoms with Gasteiger partial charge in [0.25, 0.3) is 0 Å². The third-order valence-corrected chi connectivity index (χ3v) is 5.07. The molecule has 0 radical (unpaired) electrons. The van der Waals surface area contributed by atoms with Crippen LogP contribution in [-0.4, -0.2) is 48.8 Å². The molecule has 0 spiro atoms. The predicted molar refractivity (Wildman–Crippen MR) is 98.8 cm³/mol. The molecule has 23 heavy (non-hydrogen) atoms. The van der Waals surface area contributed by atoms with Crippen LogP contribution in [0.15, 0.2) is 44.4 Å². The highest BCUT2D eigenvalue weighted by Gasteiger charge is 2.32. The highest BCUT2D eigenvalue weighted by molar-refractivity contribution is 9.10. The van der Waals surface area contributed by atoms with Gasteiger partial charge in [0.1, 0.15) is 0 Å². The van der Waals surface area contributed by atoms with Crippen LogP contribution in [0.3, 0.4) is 0 Å². The Morgan fingerprint density at radius 3 is 2.78 bits per heavy atom. The van der Waals surface area contributed by atoms with Crippen LogP contribution >= 0.6 is 15.9 Å². The molecule has 1 atom stereocenters. The van der Waals surface area contributed by atoms with Gasteiger partial charge < -0.3 is 10.2 Å². The van der Waals surface area contributed by atoms with Crippen molar-refractivity contribution in [1.29, 1.82) is 0 Å². The van der Waals surface area contributed by atoms with Gasteiger partial charge in [-0.1, -0.05) is 15.9 Å². The molecule has 0 aliphatic carbocycles. The molecule has 120 valence electrons. The molecule has 3 heterocycles. The molecule has 3 aliphatic heterocycles. The minimum Gasteiger partial charge on any atom is -0.351 e. The Morgan fingerprint density at radius 1 is 1.22 bits per heavy atom. The van der Waals surface area contributed by atoms with Crippen molar-refractivity contribution in [2.75, 3.05) is 31.1 Å². The van der Waals surface area contributed by atoms with Crippen LogP contribution in [-0.2, 0) is 0 Å². The molecule has 0 aromatic heterocycles. The zero-order valence-corrected chi connectivity index (χ0v) is 15.0. The summed E-state index contributed by atoms with van der Waals surface area (Å²) in [5.74, 6) is 1.97. The number of nitrogens with one attached hydrogen (secondary N) is 1. The largest absolute Gasteiger partial charge is 0.351 e. The van der Waals surface area contributed by atoms with E-state index in [0.717, 1.165) is 53.7 Å². The third-order valence-electron chi connectivity index (χ3n) is 4.58. The fourth-order valence-electron chi connectivity index (χ4n) is 3.11. The van der Waals surface area contributed by atoms with Crippen LogP contribution in [0.2, 0.25) is 0 Å². The van der Waals surface area contributed by atoms with E-state index >= 15 is 0 Å². The van der Waals surface area contributed by atoms with Gasteiger partial charge in [0, 0.05) is 36.9 Å². The van der Waals surface area contributed by atoms with E-state index < -0.39 is 0 Å². The van der Waals surface area contributed by atoms with E-state index in [9.17, 15) is 0 Å². The number of benzene rings is 1. The first-order valence-electron chi connectivity index (χ1n) is 8.03. The maximum Gasteiger partial charge on any atom is 0.176 e. The van der Waals surface area contributed by atoms with Gasteiger partial charge in [-0.05, 0) is 37.6 Å². The summed E-state index contributed by atoms with van der Waals surface area (Å²) in [6.07, 6.45) is 2.20. The highest BCUT2D eigenvalue weighted by atomic mass is 79.9. The topological polar surface area (TPSA) is 43.2 Å². The van der Waals surface area contributed by atoms with E-state index in [0.29, 0.717) is 0 Å². The van der Waals surface area contributed by atoms with Gasteiger partial charge in [-0.3, -0.25) is 9.89 Å². The normalized spacial score (nSPS) is 23.6. The molecule has 1 N–H and O–H groups in total. The molecule has 0 amide bonds. The number of hydrogen-bond acceptors (Lipinski definition) is 5. The fraction of sp³-hybridized carbons (Fsp3) is 0.412. The van der Waals surface area contributed by atoms with E-state index in [2.05, 4.69) is 63.2 Å². The molecule has 0 saturated carbocycles. The molecular formula is C17H20BrN5. The van der Waals surface area contributed by atoms with Crippen LogP contribution in [0.25, 0.3) is 0 Å². The number of halogens is 1. The summed E-state index contributed by atoms with van der Waals surface area (Å²) in [4.78, 5) is 14.4. The first-order chi connectivity index (χ1) is 11.1. The summed E-state index contributed by atoms with van der Waals surface area (Å²) in [6, 6.07) is 6.42. The number of nitrogens with zero attached hydrogens (tertiary/aromatic N) is 4. The number of rotatable bonds is 0. The van der Waals surface area contributed by atoms with Crippen LogP contribution < -0.4 is 10.2 Å². The third kappa shape index (κ3) is 2.60. The number of amidine groups is 2. The van der Waals surface area contributed by atoms with Gasteiger partial charge in [-0.2, -0.15) is 0 Å². The Kier molecular flexibility index (Phi) is 3.73. The van der Waals surface area contributed by atoms with Crippen LogP contribution in [0.1, 0.15) is 13.8 Å². The molecule has 4 rings (SSSR count). The molecule has 3 aliphatic rings. The number of aliphatic imine (C=N–C) groups is 2. The Hall–Kier alpha value is -1.66. The highest BCUT2D eigenvalue weighted by Crippen LogP contribution is 2.38. The van der Waals surface area contributed by atoms with Crippen molar-refractivity contribution in [2.24, 2.45) is 9.98 Å². The number of fused-ring (bicyclic) bond motifs is 3. The number of anilines is 1. The first kappa shape index (κ1) is 14.9. The molecule has 1 aromatic carbocycles. The summed E-state index contributed by atoms with van der Waals surface area (Å²) >= 11 is 3.57. The quantitative estimate of drug-likeness (QED) is 0.760. The zero-order valence-electron chi connectivity index (χ0n) is 13.4. The van der Waals surface area contributed by atoms with Gasteiger partial charge in [-0.25, -0.2) is 4.99 Å². The van der Waals surface area contributed by atoms with Crippen LogP contribution in [0.5, 0.6) is 0 Å². The predicted octanol–water partition coefficient (Wildman–Crippen LogP) is 2.91. The van der Waals surface area contributed by atoms with Gasteiger partial charge in [0.05, 0.1) is 17.4 Å². The summed E-state index contributed by atoms with van der Waals surface area (Å²) in [6.45, 7) is 8.19. The Balaban J connectivity index is 1.85. The van der Waals surface area contributed by atoms with Crippen molar-refractivity contribution in [2.45, 2.75) is 19.9 Å². The van der Waals surface area contributed by atoms with E-state index in [1.807, 2.05) is 6.07 Å². The van der Waals surface area contributed by atoms with Crippen LogP contribution in [0, 0.1) is 0 Å². The minimum absolute atomic E-state index is 0.197. The van der Waals surface area contributed by atoms with E-state index in [1.165, 1.54) is 5.57 Å². The number of hydrogen-bond donors (Lipinski definition) is 1. The second-order valence-electron chi connectivity index (χ2n) is 6.18. The molecule has 1 saturated heterocycles. The van der Waals surface area contributed by atoms with Crippen molar-refractivity contribution in [3.8, 4) is 0 Å². The maximum absolute atomic E-state index is 4.95. The lowest BCUT2D eigenvalue weighted by molar-refractivity contribution is 0.360. The van der Waals surface area contributed by atoms with E-state index in [1.54, 1.807) is 0 Å². The maximum atomic E-state index is 4.95. The van der Waals surface area contributed by atoms with Gasteiger partial charge >= 0.3 is 0 Å². The average molecular weight is 374 g/mol. The standard InChI is InChI=1S/C17H20BrN5/c1-11-10-23-15-9-13(18)3-4-14(15)21-16(17(23)20-12(11)2)22-7-5-19-6-8-22/h3-4,9-10,12,19H,5-8H2,1-2H3. The van der Waals surface area contributed by atoms with Crippen molar-refractivity contribution in [3.05, 3.63) is 34.4 Å². The number of piperazine rings is 1. The van der Waals surface area contributed by atoms with Crippen molar-refractivity contribution < 1.29 is 0 Å². The minimum atomic E-state index is 0.197. The van der Waals surface area contributed by atoms with Gasteiger partial charge in [-0.15, -0.1) is 0 Å². The average Bonchev–Trinajstić information content (AvgIpc) is 2.56. The van der Waals surface area contributed by atoms with Crippen molar-refractivity contribution in [1.82, 2.24) is 10.2 Å². The summed E-state index contributed by atoms with van der Waals surface area (Å²) in [5.41, 5.74) is 3.35. The lowest BCUT2D eigenvalue weighted by Gasteiger charge is -2.39. The van der Waals surface area contributed by atoms with E-state index in [-0.39, 0.29) is 6.04 Å². The fourth-order valence-corrected chi connectivity index (χ4v) is 3.46. The lowest BCUT2D eigenvalue weighted by Crippen LogP contribution is -2.53. The molecule has 5 nitrogen and oxygen atoms in total. The zero-order chi connectivity index (χ0) is 16.0. The SMILES string of the molecule is CC1=CN2C(=NC1C)C(N1CCNCC1)=Nc1ccc(Br)cc12. The Bertz CT molecular complexity index is 730. The smallest absolute Gasteiger partial charge is 0.176 e. The van der Waals surface area contributed by atoms with Gasteiger partial charge in [0.2, 0.25) is 0 Å². The molecule has 1 unspecified atom stereocenters. The van der Waals surface area contributed by atoms with Crippen molar-refractivity contribution >= 4 is 39.0 Å². The van der Waals surface area contributed by atoms with Crippen LogP contribution in [0.4, 0.5) is 11.4 Å². The second-order valence-corrected chi connectivity index (χ2v) is 7.09. The van der Waals surface area contributed by atoms with Crippen molar-refractivity contribution in [3.63, 3.8) is 0 Å². The van der Waals surface area contributed by atoms with E-state index in [4.69, 9.17) is 9.98 Å². The molecule has 1 aromatic rings. The molecular weight excluding hydrogens is 354 g/mol. The summed E-state index contributed by atoms with van der Waals surface area (Å²) < 4.78 is 1.06. The Labute approximate surface area is 144 Å². The monoisotopic (exact) mass is 373 g/mol.